The van der Waals surface area contributed by atoms with Crippen LogP contribution in [0.15, 0.2) is 36.7 Å². The molecule has 3 nitrogen and oxygen atoms in total. The Bertz CT molecular complexity index is 517. The normalized spacial score (nSPS) is 12.2. The van der Waals surface area contributed by atoms with Crippen LogP contribution < -0.4 is 5.32 Å². The molecule has 0 saturated heterocycles. The molecule has 0 aliphatic heterocycles. The first kappa shape index (κ1) is 12.1. The third-order valence-electron chi connectivity index (χ3n) is 2.32. The molecule has 0 bridgehead atoms. The Hall–Kier alpha value is -1.32. The summed E-state index contributed by atoms with van der Waals surface area (Å²) >= 11 is 11.7. The van der Waals surface area contributed by atoms with Gasteiger partial charge in [0.05, 0.1) is 18.4 Å². The van der Waals surface area contributed by atoms with Gasteiger partial charge in [0.2, 0.25) is 0 Å². The highest BCUT2D eigenvalue weighted by molar-refractivity contribution is 6.30. The van der Waals surface area contributed by atoms with E-state index in [-0.39, 0.29) is 6.04 Å². The van der Waals surface area contributed by atoms with E-state index in [1.165, 1.54) is 6.20 Å². The molecule has 2 aromatic rings. The second-order valence-corrected chi connectivity index (χ2v) is 4.47. The lowest BCUT2D eigenvalue weighted by Gasteiger charge is -2.14. The van der Waals surface area contributed by atoms with Gasteiger partial charge < -0.3 is 5.32 Å². The number of hydrogen-bond acceptors (Lipinski definition) is 3. The van der Waals surface area contributed by atoms with Crippen molar-refractivity contribution in [3.8, 4) is 0 Å². The molecule has 0 amide bonds. The largest absolute Gasteiger partial charge is 0.362 e. The Labute approximate surface area is 110 Å². The van der Waals surface area contributed by atoms with Crippen molar-refractivity contribution < 1.29 is 0 Å². The van der Waals surface area contributed by atoms with E-state index >= 15 is 0 Å². The van der Waals surface area contributed by atoms with E-state index in [1.807, 2.05) is 31.2 Å². The summed E-state index contributed by atoms with van der Waals surface area (Å²) in [7, 11) is 0. The van der Waals surface area contributed by atoms with Crippen molar-refractivity contribution in [1.82, 2.24) is 9.97 Å². The van der Waals surface area contributed by atoms with Crippen molar-refractivity contribution in [3.63, 3.8) is 0 Å². The Morgan fingerprint density at radius 2 is 2.06 bits per heavy atom. The monoisotopic (exact) mass is 267 g/mol. The second kappa shape index (κ2) is 5.34. The van der Waals surface area contributed by atoms with Crippen molar-refractivity contribution in [2.24, 2.45) is 0 Å². The van der Waals surface area contributed by atoms with E-state index in [0.29, 0.717) is 16.0 Å². The molecule has 0 aliphatic rings. The molecule has 0 fully saturated rings. The Morgan fingerprint density at radius 1 is 1.24 bits per heavy atom. The molecule has 0 radical (unpaired) electrons. The Morgan fingerprint density at radius 3 is 2.76 bits per heavy atom. The predicted molar refractivity (Wildman–Crippen MR) is 70.5 cm³/mol. The molecule has 1 aromatic carbocycles. The summed E-state index contributed by atoms with van der Waals surface area (Å²) in [5.74, 6) is 0.643. The molecule has 0 aliphatic carbocycles. The van der Waals surface area contributed by atoms with Crippen LogP contribution in [-0.2, 0) is 0 Å². The minimum absolute atomic E-state index is 0.0847. The Kier molecular flexibility index (Phi) is 3.82. The van der Waals surface area contributed by atoms with Crippen LogP contribution in [-0.4, -0.2) is 9.97 Å². The fraction of sp³-hybridized carbons (Fsp3) is 0.167. The molecule has 1 atom stereocenters. The highest BCUT2D eigenvalue weighted by Crippen LogP contribution is 2.21. The molecular weight excluding hydrogens is 257 g/mol. The van der Waals surface area contributed by atoms with Crippen molar-refractivity contribution in [2.45, 2.75) is 13.0 Å². The van der Waals surface area contributed by atoms with Crippen LogP contribution in [0.4, 0.5) is 5.82 Å². The lowest BCUT2D eigenvalue weighted by atomic mass is 10.1. The van der Waals surface area contributed by atoms with Gasteiger partial charge in [0.15, 0.2) is 0 Å². The number of benzene rings is 1. The topological polar surface area (TPSA) is 37.8 Å². The number of anilines is 1. The highest BCUT2D eigenvalue weighted by Gasteiger charge is 2.06. The smallest absolute Gasteiger partial charge is 0.149 e. The van der Waals surface area contributed by atoms with Gasteiger partial charge in [-0.1, -0.05) is 35.3 Å². The minimum atomic E-state index is 0.0847. The highest BCUT2D eigenvalue weighted by atomic mass is 35.5. The van der Waals surface area contributed by atoms with Crippen LogP contribution in [0.25, 0.3) is 0 Å². The SMILES string of the molecule is CC(Nc1cncc(Cl)n1)c1cccc(Cl)c1. The quantitative estimate of drug-likeness (QED) is 0.915. The molecular formula is C12H11Cl2N3. The van der Waals surface area contributed by atoms with Gasteiger partial charge in [-0.2, -0.15) is 0 Å². The summed E-state index contributed by atoms with van der Waals surface area (Å²) in [6.07, 6.45) is 3.13. The average molecular weight is 268 g/mol. The van der Waals surface area contributed by atoms with Gasteiger partial charge in [-0.3, -0.25) is 4.98 Å². The van der Waals surface area contributed by atoms with Crippen LogP contribution in [0.2, 0.25) is 10.2 Å². The maximum absolute atomic E-state index is 5.94. The molecule has 2 rings (SSSR count). The van der Waals surface area contributed by atoms with Crippen molar-refractivity contribution in [2.75, 3.05) is 5.32 Å². The van der Waals surface area contributed by atoms with Crippen LogP contribution in [0.3, 0.4) is 0 Å². The zero-order valence-electron chi connectivity index (χ0n) is 9.19. The molecule has 5 heteroatoms. The standard InChI is InChI=1S/C12H11Cl2N3/c1-8(9-3-2-4-10(13)5-9)16-12-7-15-6-11(14)17-12/h2-8H,1H3,(H,16,17). The molecule has 1 unspecified atom stereocenters. The lowest BCUT2D eigenvalue weighted by Crippen LogP contribution is -2.08. The molecule has 1 N–H and O–H groups in total. The lowest BCUT2D eigenvalue weighted by molar-refractivity contribution is 0.871. The molecule has 1 heterocycles. The third-order valence-corrected chi connectivity index (χ3v) is 2.74. The molecule has 17 heavy (non-hydrogen) atoms. The first-order chi connectivity index (χ1) is 8.15. The maximum Gasteiger partial charge on any atom is 0.149 e. The number of aromatic nitrogens is 2. The number of nitrogens with zero attached hydrogens (tertiary/aromatic N) is 2. The predicted octanol–water partition coefficient (Wildman–Crippen LogP) is 3.96. The van der Waals surface area contributed by atoms with Crippen LogP contribution in [0, 0.1) is 0 Å². The van der Waals surface area contributed by atoms with E-state index in [2.05, 4.69) is 15.3 Å². The van der Waals surface area contributed by atoms with Crippen molar-refractivity contribution >= 4 is 29.0 Å². The fourth-order valence-corrected chi connectivity index (χ4v) is 1.84. The first-order valence-electron chi connectivity index (χ1n) is 5.14. The second-order valence-electron chi connectivity index (χ2n) is 3.65. The van der Waals surface area contributed by atoms with Crippen LogP contribution in [0.1, 0.15) is 18.5 Å². The molecule has 0 spiro atoms. The minimum Gasteiger partial charge on any atom is -0.362 e. The van der Waals surface area contributed by atoms with Gasteiger partial charge >= 0.3 is 0 Å². The zero-order chi connectivity index (χ0) is 12.3. The summed E-state index contributed by atoms with van der Waals surface area (Å²) in [5, 5.41) is 4.29. The average Bonchev–Trinajstić information content (AvgIpc) is 2.29. The summed E-state index contributed by atoms with van der Waals surface area (Å²) in [5.41, 5.74) is 1.08. The van der Waals surface area contributed by atoms with E-state index in [9.17, 15) is 0 Å². The zero-order valence-corrected chi connectivity index (χ0v) is 10.7. The Balaban J connectivity index is 2.14. The van der Waals surface area contributed by atoms with E-state index < -0.39 is 0 Å². The van der Waals surface area contributed by atoms with Crippen molar-refractivity contribution in [3.05, 3.63) is 52.4 Å². The van der Waals surface area contributed by atoms with Gasteiger partial charge in [-0.15, -0.1) is 0 Å². The van der Waals surface area contributed by atoms with Gasteiger partial charge in [-0.05, 0) is 24.6 Å². The van der Waals surface area contributed by atoms with Gasteiger partial charge in [-0.25, -0.2) is 4.98 Å². The number of nitrogens with one attached hydrogen (secondary N) is 1. The maximum atomic E-state index is 5.94. The number of halogens is 2. The van der Waals surface area contributed by atoms with E-state index in [1.54, 1.807) is 6.20 Å². The van der Waals surface area contributed by atoms with Crippen LogP contribution in [0.5, 0.6) is 0 Å². The third kappa shape index (κ3) is 3.32. The molecule has 1 aromatic heterocycles. The van der Waals surface area contributed by atoms with E-state index in [0.717, 1.165) is 5.56 Å². The number of hydrogen-bond donors (Lipinski definition) is 1. The van der Waals surface area contributed by atoms with Crippen molar-refractivity contribution in [1.29, 1.82) is 0 Å². The summed E-state index contributed by atoms with van der Waals surface area (Å²) in [6.45, 7) is 2.02. The van der Waals surface area contributed by atoms with Gasteiger partial charge in [0.1, 0.15) is 11.0 Å². The van der Waals surface area contributed by atoms with E-state index in [4.69, 9.17) is 23.2 Å². The summed E-state index contributed by atoms with van der Waals surface area (Å²) in [6, 6.07) is 7.76. The summed E-state index contributed by atoms with van der Waals surface area (Å²) < 4.78 is 0. The molecule has 88 valence electrons. The summed E-state index contributed by atoms with van der Waals surface area (Å²) in [4.78, 5) is 8.09. The first-order valence-corrected chi connectivity index (χ1v) is 5.90. The van der Waals surface area contributed by atoms with Gasteiger partial charge in [0, 0.05) is 5.02 Å². The van der Waals surface area contributed by atoms with Crippen LogP contribution >= 0.6 is 23.2 Å². The fourth-order valence-electron chi connectivity index (χ4n) is 1.49. The number of rotatable bonds is 3. The molecule has 0 saturated carbocycles. The van der Waals surface area contributed by atoms with Gasteiger partial charge in [0.25, 0.3) is 0 Å².